The number of hydrogen-bond acceptors (Lipinski definition) is 6. The molecule has 7 heteroatoms. The Morgan fingerprint density at radius 2 is 2.04 bits per heavy atom. The van der Waals surface area contributed by atoms with Gasteiger partial charge in [0.05, 0.1) is 24.2 Å². The maximum Gasteiger partial charge on any atom is 0.310 e. The van der Waals surface area contributed by atoms with Crippen LogP contribution in [0.25, 0.3) is 0 Å². The van der Waals surface area contributed by atoms with E-state index in [-0.39, 0.29) is 18.8 Å². The summed E-state index contributed by atoms with van der Waals surface area (Å²) in [5.74, 6) is -4.75. The molecule has 128 valence electrons. The van der Waals surface area contributed by atoms with Gasteiger partial charge in [-0.05, 0) is 36.1 Å². The molecule has 1 aromatic carbocycles. The molecule has 0 heterocycles. The van der Waals surface area contributed by atoms with Crippen molar-refractivity contribution in [3.8, 4) is 5.75 Å². The van der Waals surface area contributed by atoms with Crippen molar-refractivity contribution in [2.75, 3.05) is 6.61 Å². The van der Waals surface area contributed by atoms with E-state index in [1.807, 2.05) is 6.92 Å². The number of carboxylic acid groups (broad SMARTS) is 1. The number of aliphatic carboxylic acids is 1. The Morgan fingerprint density at radius 1 is 1.29 bits per heavy atom. The highest BCUT2D eigenvalue weighted by Gasteiger charge is 2.56. The Kier molecular flexibility index (Phi) is 4.17. The van der Waals surface area contributed by atoms with Crippen molar-refractivity contribution in [1.29, 1.82) is 0 Å². The van der Waals surface area contributed by atoms with E-state index in [9.17, 15) is 25.0 Å². The standard InChI is InChI=1S/C17H19NO6/c1-2-5-24-17(22)15-13-10-6-8(19)3-4-9(10)11(7-12(13)18-23)14(15)16(20)21/h3-4,6,11,13-15,19,23H,2,5,7H2,1H3,(H,20,21). The molecule has 4 rings (SSSR count). The highest BCUT2D eigenvalue weighted by molar-refractivity contribution is 6.01. The van der Waals surface area contributed by atoms with Crippen LogP contribution in [-0.4, -0.2) is 39.7 Å². The van der Waals surface area contributed by atoms with Crippen LogP contribution in [0.1, 0.15) is 42.7 Å². The zero-order chi connectivity index (χ0) is 17.4. The molecule has 0 aliphatic heterocycles. The molecule has 1 aromatic rings. The number of rotatable bonds is 4. The molecule has 0 spiro atoms. The first-order valence-corrected chi connectivity index (χ1v) is 7.92. The normalized spacial score (nSPS) is 29.3. The number of phenols is 1. The second kappa shape index (κ2) is 6.14. The Labute approximate surface area is 138 Å². The van der Waals surface area contributed by atoms with Crippen LogP contribution in [0.4, 0.5) is 0 Å². The molecule has 4 atom stereocenters. The number of phenolic OH excluding ortho intramolecular Hbond substituents is 1. The van der Waals surface area contributed by atoms with E-state index in [1.165, 1.54) is 12.1 Å². The number of esters is 1. The molecule has 1 saturated carbocycles. The minimum absolute atomic E-state index is 0.0196. The number of nitrogens with zero attached hydrogens (tertiary/aromatic N) is 1. The van der Waals surface area contributed by atoms with Gasteiger partial charge in [-0.15, -0.1) is 0 Å². The number of fused-ring (bicyclic) bond motifs is 2. The van der Waals surface area contributed by atoms with Crippen LogP contribution >= 0.6 is 0 Å². The lowest BCUT2D eigenvalue weighted by molar-refractivity contribution is -0.160. The summed E-state index contributed by atoms with van der Waals surface area (Å²) in [6, 6.07) is 4.69. The third-order valence-electron chi connectivity index (χ3n) is 4.91. The molecule has 4 unspecified atom stereocenters. The summed E-state index contributed by atoms with van der Waals surface area (Å²) in [5.41, 5.74) is 1.76. The van der Waals surface area contributed by atoms with Gasteiger partial charge >= 0.3 is 11.9 Å². The minimum atomic E-state index is -1.07. The molecule has 0 amide bonds. The van der Waals surface area contributed by atoms with Gasteiger partial charge in [0.15, 0.2) is 0 Å². The predicted molar refractivity (Wildman–Crippen MR) is 83.3 cm³/mol. The quantitative estimate of drug-likeness (QED) is 0.441. The summed E-state index contributed by atoms with van der Waals surface area (Å²) in [7, 11) is 0. The molecular weight excluding hydrogens is 314 g/mol. The number of carbonyl (C=O) groups is 2. The SMILES string of the molecule is CCCOC(=O)C1C2C(=NO)CC(c3ccc(O)cc32)C1C(=O)O. The third kappa shape index (κ3) is 2.40. The van der Waals surface area contributed by atoms with Gasteiger partial charge in [-0.3, -0.25) is 9.59 Å². The van der Waals surface area contributed by atoms with Crippen molar-refractivity contribution >= 4 is 17.7 Å². The van der Waals surface area contributed by atoms with Crippen LogP contribution in [0.2, 0.25) is 0 Å². The van der Waals surface area contributed by atoms with Crippen molar-refractivity contribution in [3.05, 3.63) is 29.3 Å². The molecule has 1 fully saturated rings. The number of aromatic hydroxyl groups is 1. The lowest BCUT2D eigenvalue weighted by atomic mass is 9.55. The molecule has 0 saturated heterocycles. The van der Waals surface area contributed by atoms with Crippen LogP contribution in [0.5, 0.6) is 5.75 Å². The van der Waals surface area contributed by atoms with Crippen LogP contribution in [0.3, 0.4) is 0 Å². The Hall–Kier alpha value is -2.57. The summed E-state index contributed by atoms with van der Waals surface area (Å²) in [6.07, 6.45) is 0.899. The van der Waals surface area contributed by atoms with Gasteiger partial charge in [-0.2, -0.15) is 0 Å². The molecule has 0 aromatic heterocycles. The Balaban J connectivity index is 2.13. The lowest BCUT2D eigenvalue weighted by Crippen LogP contribution is -2.50. The first-order chi connectivity index (χ1) is 11.5. The van der Waals surface area contributed by atoms with Gasteiger partial charge in [0.1, 0.15) is 5.75 Å². The zero-order valence-electron chi connectivity index (χ0n) is 13.2. The van der Waals surface area contributed by atoms with Crippen molar-refractivity contribution in [2.45, 2.75) is 31.6 Å². The Bertz CT molecular complexity index is 713. The van der Waals surface area contributed by atoms with E-state index < -0.39 is 35.6 Å². The summed E-state index contributed by atoms with van der Waals surface area (Å²) in [6.45, 7) is 2.06. The topological polar surface area (TPSA) is 116 Å². The van der Waals surface area contributed by atoms with Gasteiger partial charge in [0.2, 0.25) is 0 Å². The second-order valence-electron chi connectivity index (χ2n) is 6.25. The van der Waals surface area contributed by atoms with Crippen LogP contribution in [0.15, 0.2) is 23.4 Å². The van der Waals surface area contributed by atoms with Gasteiger partial charge in [0.25, 0.3) is 0 Å². The largest absolute Gasteiger partial charge is 0.508 e. The fraction of sp³-hybridized carbons (Fsp3) is 0.471. The second-order valence-corrected chi connectivity index (χ2v) is 6.25. The van der Waals surface area contributed by atoms with E-state index in [1.54, 1.807) is 6.07 Å². The molecule has 3 aliphatic carbocycles. The van der Waals surface area contributed by atoms with Crippen LogP contribution in [-0.2, 0) is 14.3 Å². The summed E-state index contributed by atoms with van der Waals surface area (Å²) in [5, 5.41) is 32.1. The van der Waals surface area contributed by atoms with Crippen LogP contribution < -0.4 is 0 Å². The third-order valence-corrected chi connectivity index (χ3v) is 4.91. The summed E-state index contributed by atoms with van der Waals surface area (Å²) < 4.78 is 5.20. The minimum Gasteiger partial charge on any atom is -0.508 e. The molecule has 3 aliphatic rings. The van der Waals surface area contributed by atoms with Gasteiger partial charge in [-0.25, -0.2) is 0 Å². The van der Waals surface area contributed by atoms with E-state index in [0.29, 0.717) is 17.7 Å². The average molecular weight is 333 g/mol. The molecule has 7 nitrogen and oxygen atoms in total. The summed E-state index contributed by atoms with van der Waals surface area (Å²) in [4.78, 5) is 24.4. The van der Waals surface area contributed by atoms with E-state index in [4.69, 9.17) is 4.74 Å². The van der Waals surface area contributed by atoms with Gasteiger partial charge < -0.3 is 20.2 Å². The maximum absolute atomic E-state index is 12.5. The van der Waals surface area contributed by atoms with Gasteiger partial charge in [-0.1, -0.05) is 18.1 Å². The smallest absolute Gasteiger partial charge is 0.310 e. The van der Waals surface area contributed by atoms with Gasteiger partial charge in [0, 0.05) is 11.8 Å². The Morgan fingerprint density at radius 3 is 2.67 bits per heavy atom. The first-order valence-electron chi connectivity index (χ1n) is 7.92. The number of benzene rings is 1. The number of ether oxygens (including phenoxy) is 1. The van der Waals surface area contributed by atoms with E-state index >= 15 is 0 Å². The molecule has 3 N–H and O–H groups in total. The highest BCUT2D eigenvalue weighted by atomic mass is 16.5. The van der Waals surface area contributed by atoms with E-state index in [0.717, 1.165) is 5.56 Å². The number of hydrogen-bond donors (Lipinski definition) is 3. The number of carbonyl (C=O) groups excluding carboxylic acids is 1. The van der Waals surface area contributed by atoms with E-state index in [2.05, 4.69) is 5.16 Å². The number of carboxylic acids is 1. The maximum atomic E-state index is 12.5. The molecule has 0 radical (unpaired) electrons. The molecule has 24 heavy (non-hydrogen) atoms. The molecule has 2 bridgehead atoms. The first kappa shape index (κ1) is 16.3. The molecular formula is C17H19NO6. The monoisotopic (exact) mass is 333 g/mol. The fourth-order valence-corrected chi connectivity index (χ4v) is 4.00. The van der Waals surface area contributed by atoms with Crippen LogP contribution in [0, 0.1) is 11.8 Å². The van der Waals surface area contributed by atoms with Crippen molar-refractivity contribution in [1.82, 2.24) is 0 Å². The van der Waals surface area contributed by atoms with Crippen molar-refractivity contribution < 1.29 is 29.7 Å². The van der Waals surface area contributed by atoms with Crippen molar-refractivity contribution in [2.24, 2.45) is 17.0 Å². The summed E-state index contributed by atoms with van der Waals surface area (Å²) >= 11 is 0. The fourth-order valence-electron chi connectivity index (χ4n) is 4.00. The zero-order valence-corrected chi connectivity index (χ0v) is 13.2. The average Bonchev–Trinajstić information content (AvgIpc) is 2.58. The number of oxime groups is 1. The van der Waals surface area contributed by atoms with Crippen molar-refractivity contribution in [3.63, 3.8) is 0 Å². The highest BCUT2D eigenvalue weighted by Crippen LogP contribution is 2.55. The predicted octanol–water partition coefficient (Wildman–Crippen LogP) is 2.08. The lowest BCUT2D eigenvalue weighted by Gasteiger charge is -2.46.